The van der Waals surface area contributed by atoms with Crippen molar-refractivity contribution in [3.05, 3.63) is 59.7 Å². The molecule has 3 nitrogen and oxygen atoms in total. The molecule has 0 fully saturated rings. The first kappa shape index (κ1) is 12.2. The minimum absolute atomic E-state index is 0.0460. The monoisotopic (exact) mass is 242 g/mol. The molecule has 0 aliphatic rings. The smallest absolute Gasteiger partial charge is 0.170 e. The summed E-state index contributed by atoms with van der Waals surface area (Å²) in [5.74, 6) is 0.375. The first-order chi connectivity index (χ1) is 8.70. The lowest BCUT2D eigenvalue weighted by Gasteiger charge is -2.06. The van der Waals surface area contributed by atoms with Crippen LogP contribution in [0.4, 0.5) is 0 Å². The first-order valence-corrected chi connectivity index (χ1v) is 5.65. The highest BCUT2D eigenvalue weighted by atomic mass is 16.5. The van der Waals surface area contributed by atoms with Crippen molar-refractivity contribution < 1.29 is 14.6 Å². The van der Waals surface area contributed by atoms with Crippen LogP contribution in [0.5, 0.6) is 11.5 Å². The van der Waals surface area contributed by atoms with Gasteiger partial charge in [-0.1, -0.05) is 30.3 Å². The Hall–Kier alpha value is -2.29. The number of phenolic OH excluding ortho intramolecular Hbond substituents is 1. The Morgan fingerprint density at radius 2 is 1.89 bits per heavy atom. The van der Waals surface area contributed by atoms with E-state index in [-0.39, 0.29) is 18.0 Å². The number of benzene rings is 2. The molecule has 18 heavy (non-hydrogen) atoms. The standard InChI is InChI=1S/C15H14O3/c1-18-12-7-8-13(15(17)10-12)14(16)9-11-5-3-2-4-6-11/h2-8,10,17H,9H2,1H3. The Morgan fingerprint density at radius 1 is 1.17 bits per heavy atom. The fraction of sp³-hybridized carbons (Fsp3) is 0.133. The van der Waals surface area contributed by atoms with E-state index in [0.29, 0.717) is 11.3 Å². The molecule has 0 aliphatic carbocycles. The second-order valence-corrected chi connectivity index (χ2v) is 3.97. The van der Waals surface area contributed by atoms with Gasteiger partial charge in [-0.05, 0) is 17.7 Å². The Balaban J connectivity index is 2.19. The van der Waals surface area contributed by atoms with Crippen molar-refractivity contribution in [1.82, 2.24) is 0 Å². The molecule has 0 heterocycles. The Morgan fingerprint density at radius 3 is 2.50 bits per heavy atom. The number of rotatable bonds is 4. The molecule has 0 spiro atoms. The van der Waals surface area contributed by atoms with E-state index in [2.05, 4.69) is 0 Å². The fourth-order valence-electron chi connectivity index (χ4n) is 1.75. The van der Waals surface area contributed by atoms with Crippen molar-refractivity contribution in [2.24, 2.45) is 0 Å². The molecule has 92 valence electrons. The molecule has 0 aromatic heterocycles. The van der Waals surface area contributed by atoms with Gasteiger partial charge in [0.05, 0.1) is 12.7 Å². The van der Waals surface area contributed by atoms with Crippen molar-refractivity contribution in [2.45, 2.75) is 6.42 Å². The zero-order chi connectivity index (χ0) is 13.0. The van der Waals surface area contributed by atoms with Crippen LogP contribution in [0.2, 0.25) is 0 Å². The number of carbonyl (C=O) groups is 1. The molecule has 0 saturated heterocycles. The number of phenols is 1. The summed E-state index contributed by atoms with van der Waals surface area (Å²) in [7, 11) is 1.51. The largest absolute Gasteiger partial charge is 0.507 e. The maximum Gasteiger partial charge on any atom is 0.170 e. The Bertz CT molecular complexity index is 547. The second kappa shape index (κ2) is 5.36. The highest BCUT2D eigenvalue weighted by Gasteiger charge is 2.12. The van der Waals surface area contributed by atoms with Gasteiger partial charge in [0.1, 0.15) is 11.5 Å². The lowest BCUT2D eigenvalue weighted by molar-refractivity contribution is 0.0990. The predicted molar refractivity (Wildman–Crippen MR) is 69.1 cm³/mol. The zero-order valence-corrected chi connectivity index (χ0v) is 10.1. The molecule has 2 rings (SSSR count). The lowest BCUT2D eigenvalue weighted by atomic mass is 10.0. The van der Waals surface area contributed by atoms with E-state index in [9.17, 15) is 9.90 Å². The molecule has 2 aromatic carbocycles. The van der Waals surface area contributed by atoms with Crippen molar-refractivity contribution >= 4 is 5.78 Å². The van der Waals surface area contributed by atoms with Gasteiger partial charge in [0, 0.05) is 12.5 Å². The van der Waals surface area contributed by atoms with Crippen LogP contribution in [-0.2, 0) is 6.42 Å². The normalized spacial score (nSPS) is 10.1. The van der Waals surface area contributed by atoms with Gasteiger partial charge < -0.3 is 9.84 Å². The zero-order valence-electron chi connectivity index (χ0n) is 10.1. The van der Waals surface area contributed by atoms with Gasteiger partial charge in [0.25, 0.3) is 0 Å². The third kappa shape index (κ3) is 2.69. The summed E-state index contributed by atoms with van der Waals surface area (Å²) >= 11 is 0. The molecule has 0 aliphatic heterocycles. The molecule has 0 radical (unpaired) electrons. The molecule has 0 saturated carbocycles. The van der Waals surface area contributed by atoms with E-state index in [1.807, 2.05) is 30.3 Å². The molecular formula is C15H14O3. The summed E-state index contributed by atoms with van der Waals surface area (Å²) < 4.78 is 4.98. The molecule has 0 bridgehead atoms. The van der Waals surface area contributed by atoms with Crippen LogP contribution in [0.25, 0.3) is 0 Å². The molecule has 3 heteroatoms. The summed E-state index contributed by atoms with van der Waals surface area (Å²) in [6.45, 7) is 0. The first-order valence-electron chi connectivity index (χ1n) is 5.65. The number of hydrogen-bond donors (Lipinski definition) is 1. The molecule has 0 unspecified atom stereocenters. The van der Waals surface area contributed by atoms with Gasteiger partial charge in [0.2, 0.25) is 0 Å². The third-order valence-electron chi connectivity index (χ3n) is 2.71. The van der Waals surface area contributed by atoms with Gasteiger partial charge in [0.15, 0.2) is 5.78 Å². The van der Waals surface area contributed by atoms with Crippen LogP contribution < -0.4 is 4.74 Å². The van der Waals surface area contributed by atoms with Crippen LogP contribution in [-0.4, -0.2) is 18.0 Å². The molecule has 0 atom stereocenters. The summed E-state index contributed by atoms with van der Waals surface area (Å²) in [6, 6.07) is 14.1. The predicted octanol–water partition coefficient (Wildman–Crippen LogP) is 2.83. The van der Waals surface area contributed by atoms with E-state index < -0.39 is 0 Å². The Labute approximate surface area is 106 Å². The highest BCUT2D eigenvalue weighted by Crippen LogP contribution is 2.24. The summed E-state index contributed by atoms with van der Waals surface area (Å²) in [5, 5.41) is 9.77. The lowest BCUT2D eigenvalue weighted by Crippen LogP contribution is -2.03. The number of ketones is 1. The van der Waals surface area contributed by atoms with Crippen molar-refractivity contribution in [3.8, 4) is 11.5 Å². The van der Waals surface area contributed by atoms with Gasteiger partial charge in [-0.3, -0.25) is 4.79 Å². The van der Waals surface area contributed by atoms with E-state index in [4.69, 9.17) is 4.74 Å². The highest BCUT2D eigenvalue weighted by molar-refractivity contribution is 6.00. The maximum atomic E-state index is 12.0. The molecule has 0 amide bonds. The second-order valence-electron chi connectivity index (χ2n) is 3.97. The quantitative estimate of drug-likeness (QED) is 0.838. The molecule has 1 N–H and O–H groups in total. The minimum atomic E-state index is -0.110. The topological polar surface area (TPSA) is 46.5 Å². The maximum absolute atomic E-state index is 12.0. The van der Waals surface area contributed by atoms with Crippen molar-refractivity contribution in [1.29, 1.82) is 0 Å². The van der Waals surface area contributed by atoms with Crippen LogP contribution in [0.15, 0.2) is 48.5 Å². The SMILES string of the molecule is COc1ccc(C(=O)Cc2ccccc2)c(O)c1. The van der Waals surface area contributed by atoms with Gasteiger partial charge in [-0.2, -0.15) is 0 Å². The van der Waals surface area contributed by atoms with E-state index in [1.54, 1.807) is 12.1 Å². The summed E-state index contributed by atoms with van der Waals surface area (Å²) in [5.41, 5.74) is 1.25. The van der Waals surface area contributed by atoms with Crippen LogP contribution in [0.3, 0.4) is 0 Å². The van der Waals surface area contributed by atoms with E-state index >= 15 is 0 Å². The summed E-state index contributed by atoms with van der Waals surface area (Å²) in [4.78, 5) is 12.0. The number of aromatic hydroxyl groups is 1. The fourth-order valence-corrected chi connectivity index (χ4v) is 1.75. The molecule has 2 aromatic rings. The number of Topliss-reactive ketones (excluding diaryl/α,β-unsaturated/α-hetero) is 1. The average molecular weight is 242 g/mol. The van der Waals surface area contributed by atoms with Crippen molar-refractivity contribution in [2.75, 3.05) is 7.11 Å². The number of carbonyl (C=O) groups excluding carboxylic acids is 1. The number of methoxy groups -OCH3 is 1. The Kier molecular flexibility index (Phi) is 3.63. The summed E-state index contributed by atoms with van der Waals surface area (Å²) in [6.07, 6.45) is 0.279. The van der Waals surface area contributed by atoms with Gasteiger partial charge >= 0.3 is 0 Å². The van der Waals surface area contributed by atoms with E-state index in [0.717, 1.165) is 5.56 Å². The van der Waals surface area contributed by atoms with Crippen LogP contribution in [0.1, 0.15) is 15.9 Å². The number of hydrogen-bond acceptors (Lipinski definition) is 3. The van der Waals surface area contributed by atoms with Gasteiger partial charge in [-0.15, -0.1) is 0 Å². The minimum Gasteiger partial charge on any atom is -0.507 e. The third-order valence-corrected chi connectivity index (χ3v) is 2.71. The average Bonchev–Trinajstić information content (AvgIpc) is 2.39. The van der Waals surface area contributed by atoms with Crippen LogP contribution in [0, 0.1) is 0 Å². The van der Waals surface area contributed by atoms with Gasteiger partial charge in [-0.25, -0.2) is 0 Å². The molecular weight excluding hydrogens is 228 g/mol. The van der Waals surface area contributed by atoms with Crippen molar-refractivity contribution in [3.63, 3.8) is 0 Å². The van der Waals surface area contributed by atoms with Crippen LogP contribution >= 0.6 is 0 Å². The van der Waals surface area contributed by atoms with E-state index in [1.165, 1.54) is 13.2 Å². The number of ether oxygens (including phenoxy) is 1.